The second-order valence-electron chi connectivity index (χ2n) is 6.05. The lowest BCUT2D eigenvalue weighted by molar-refractivity contribution is 0.0739. The molecule has 1 aromatic carbocycles. The molecule has 0 bridgehead atoms. The Labute approximate surface area is 123 Å². The third-order valence-corrected chi connectivity index (χ3v) is 4.76. The van der Waals surface area contributed by atoms with E-state index < -0.39 is 0 Å². The summed E-state index contributed by atoms with van der Waals surface area (Å²) in [5.41, 5.74) is 1.50. The summed E-state index contributed by atoms with van der Waals surface area (Å²) in [4.78, 5) is 17.4. The molecule has 0 saturated carbocycles. The average Bonchev–Trinajstić information content (AvgIpc) is 3.08. The van der Waals surface area contributed by atoms with Crippen molar-refractivity contribution in [2.45, 2.75) is 25.3 Å². The van der Waals surface area contributed by atoms with E-state index in [1.54, 1.807) is 0 Å². The van der Waals surface area contributed by atoms with Crippen molar-refractivity contribution in [2.75, 3.05) is 26.2 Å². The van der Waals surface area contributed by atoms with Crippen molar-refractivity contribution < 1.29 is 4.79 Å². The molecule has 5 heteroatoms. The minimum Gasteiger partial charge on any atom is -0.336 e. The van der Waals surface area contributed by atoms with Crippen molar-refractivity contribution in [3.05, 3.63) is 30.0 Å². The Hall–Kier alpha value is -1.88. The van der Waals surface area contributed by atoms with Crippen molar-refractivity contribution in [3.8, 4) is 0 Å². The first-order chi connectivity index (χ1) is 10.3. The molecule has 5 nitrogen and oxygen atoms in total. The number of para-hydroxylation sites is 1. The Morgan fingerprint density at radius 1 is 1.19 bits per heavy atom. The lowest BCUT2D eigenvalue weighted by atomic mass is 10.1. The van der Waals surface area contributed by atoms with E-state index in [-0.39, 0.29) is 5.91 Å². The van der Waals surface area contributed by atoms with Crippen LogP contribution in [0.1, 0.15) is 29.8 Å². The van der Waals surface area contributed by atoms with Crippen molar-refractivity contribution in [1.82, 2.24) is 20.0 Å². The molecule has 2 aliphatic heterocycles. The highest BCUT2D eigenvalue weighted by Crippen LogP contribution is 2.23. The van der Waals surface area contributed by atoms with Crippen molar-refractivity contribution in [1.29, 1.82) is 0 Å². The van der Waals surface area contributed by atoms with Gasteiger partial charge in [-0.25, -0.2) is 0 Å². The van der Waals surface area contributed by atoms with Crippen LogP contribution in [0.4, 0.5) is 0 Å². The highest BCUT2D eigenvalue weighted by atomic mass is 16.2. The Kier molecular flexibility index (Phi) is 3.15. The molecule has 4 rings (SSSR count). The molecular formula is C16H20N4O. The number of carbonyl (C=O) groups is 1. The zero-order valence-electron chi connectivity index (χ0n) is 12.1. The predicted molar refractivity (Wildman–Crippen MR) is 81.2 cm³/mol. The molecule has 2 aromatic rings. The highest BCUT2D eigenvalue weighted by molar-refractivity contribution is 6.04. The third kappa shape index (κ3) is 2.21. The van der Waals surface area contributed by atoms with Gasteiger partial charge in [0, 0.05) is 31.1 Å². The molecule has 0 spiro atoms. The lowest BCUT2D eigenvalue weighted by Gasteiger charge is -2.25. The molecule has 3 heterocycles. The van der Waals surface area contributed by atoms with Crippen LogP contribution in [0.25, 0.3) is 10.9 Å². The van der Waals surface area contributed by atoms with Gasteiger partial charge in [0.05, 0.1) is 5.52 Å². The molecule has 0 radical (unpaired) electrons. The molecule has 1 atom stereocenters. The number of aromatic amines is 1. The molecule has 2 fully saturated rings. The van der Waals surface area contributed by atoms with E-state index in [0.29, 0.717) is 11.7 Å². The highest BCUT2D eigenvalue weighted by Gasteiger charge is 2.31. The maximum absolute atomic E-state index is 12.8. The fourth-order valence-corrected chi connectivity index (χ4v) is 3.67. The lowest BCUT2D eigenvalue weighted by Crippen LogP contribution is -2.39. The number of hydrogen-bond acceptors (Lipinski definition) is 3. The molecule has 1 amide bonds. The zero-order chi connectivity index (χ0) is 14.2. The second kappa shape index (κ2) is 5.15. The molecule has 110 valence electrons. The van der Waals surface area contributed by atoms with Crippen LogP contribution in [0.15, 0.2) is 24.3 Å². The standard InChI is InChI=1S/C16H20N4O/c21-16(15-13-6-1-2-7-14(13)17-18-15)20-10-4-9-19-8-3-5-12(19)11-20/h1-2,6-7,12H,3-5,8-11H2,(H,17,18). The van der Waals surface area contributed by atoms with Gasteiger partial charge in [0.15, 0.2) is 5.69 Å². The number of fused-ring (bicyclic) bond motifs is 2. The van der Waals surface area contributed by atoms with E-state index in [1.165, 1.54) is 19.4 Å². The number of amides is 1. The van der Waals surface area contributed by atoms with Crippen LogP contribution in [0, 0.1) is 0 Å². The van der Waals surface area contributed by atoms with E-state index >= 15 is 0 Å². The van der Waals surface area contributed by atoms with Crippen molar-refractivity contribution in [2.24, 2.45) is 0 Å². The molecule has 2 aliphatic rings. The zero-order valence-corrected chi connectivity index (χ0v) is 12.1. The number of carbonyl (C=O) groups excluding carboxylic acids is 1. The largest absolute Gasteiger partial charge is 0.336 e. The quantitative estimate of drug-likeness (QED) is 0.870. The van der Waals surface area contributed by atoms with Crippen LogP contribution in [-0.4, -0.2) is 58.1 Å². The third-order valence-electron chi connectivity index (χ3n) is 4.76. The molecule has 1 unspecified atom stereocenters. The summed E-state index contributed by atoms with van der Waals surface area (Å²) in [7, 11) is 0. The van der Waals surface area contributed by atoms with E-state index in [2.05, 4.69) is 15.1 Å². The molecule has 21 heavy (non-hydrogen) atoms. The van der Waals surface area contributed by atoms with Gasteiger partial charge >= 0.3 is 0 Å². The van der Waals surface area contributed by atoms with Crippen molar-refractivity contribution >= 4 is 16.8 Å². The fraction of sp³-hybridized carbons (Fsp3) is 0.500. The predicted octanol–water partition coefficient (Wildman–Crippen LogP) is 1.87. The van der Waals surface area contributed by atoms with Gasteiger partial charge < -0.3 is 4.90 Å². The molecule has 0 aliphatic carbocycles. The Morgan fingerprint density at radius 3 is 3.00 bits per heavy atom. The smallest absolute Gasteiger partial charge is 0.275 e. The van der Waals surface area contributed by atoms with Crippen LogP contribution in [0.2, 0.25) is 0 Å². The fourth-order valence-electron chi connectivity index (χ4n) is 3.67. The van der Waals surface area contributed by atoms with E-state index in [1.807, 2.05) is 29.2 Å². The van der Waals surface area contributed by atoms with Gasteiger partial charge in [0.1, 0.15) is 0 Å². The number of nitrogens with zero attached hydrogens (tertiary/aromatic N) is 3. The number of aromatic nitrogens is 2. The second-order valence-corrected chi connectivity index (χ2v) is 6.05. The summed E-state index contributed by atoms with van der Waals surface area (Å²) in [6.45, 7) is 4.00. The van der Waals surface area contributed by atoms with Gasteiger partial charge in [-0.15, -0.1) is 0 Å². The topological polar surface area (TPSA) is 52.2 Å². The Morgan fingerprint density at radius 2 is 2.05 bits per heavy atom. The number of H-pyrrole nitrogens is 1. The first-order valence-corrected chi connectivity index (χ1v) is 7.79. The van der Waals surface area contributed by atoms with Gasteiger partial charge in [-0.3, -0.25) is 14.8 Å². The Bertz CT molecular complexity index is 665. The summed E-state index contributed by atoms with van der Waals surface area (Å²) < 4.78 is 0. The molecule has 1 N–H and O–H groups in total. The van der Waals surface area contributed by atoms with Crippen molar-refractivity contribution in [3.63, 3.8) is 0 Å². The maximum Gasteiger partial charge on any atom is 0.275 e. The van der Waals surface area contributed by atoms with Crippen LogP contribution < -0.4 is 0 Å². The van der Waals surface area contributed by atoms with Crippen LogP contribution in [0.5, 0.6) is 0 Å². The normalized spacial score (nSPS) is 23.2. The van der Waals surface area contributed by atoms with Gasteiger partial charge in [-0.1, -0.05) is 18.2 Å². The van der Waals surface area contributed by atoms with E-state index in [0.717, 1.165) is 37.0 Å². The monoisotopic (exact) mass is 284 g/mol. The number of nitrogens with one attached hydrogen (secondary N) is 1. The SMILES string of the molecule is O=C(c1n[nH]c2ccccc12)N1CCCN2CCCC2C1. The number of benzene rings is 1. The van der Waals surface area contributed by atoms with Crippen LogP contribution >= 0.6 is 0 Å². The molecule has 1 aromatic heterocycles. The minimum atomic E-state index is 0.0706. The van der Waals surface area contributed by atoms with Gasteiger partial charge in [0.25, 0.3) is 5.91 Å². The summed E-state index contributed by atoms with van der Waals surface area (Å²) in [6, 6.07) is 8.38. The van der Waals surface area contributed by atoms with Gasteiger partial charge in [0.2, 0.25) is 0 Å². The molecular weight excluding hydrogens is 264 g/mol. The first-order valence-electron chi connectivity index (χ1n) is 7.79. The summed E-state index contributed by atoms with van der Waals surface area (Å²) in [5.74, 6) is 0.0706. The van der Waals surface area contributed by atoms with E-state index in [4.69, 9.17) is 0 Å². The molecule has 2 saturated heterocycles. The number of rotatable bonds is 1. The van der Waals surface area contributed by atoms with E-state index in [9.17, 15) is 4.79 Å². The summed E-state index contributed by atoms with van der Waals surface area (Å²) in [5, 5.41) is 8.14. The summed E-state index contributed by atoms with van der Waals surface area (Å²) in [6.07, 6.45) is 3.54. The summed E-state index contributed by atoms with van der Waals surface area (Å²) >= 11 is 0. The minimum absolute atomic E-state index is 0.0706. The first kappa shape index (κ1) is 12.8. The average molecular weight is 284 g/mol. The van der Waals surface area contributed by atoms with Gasteiger partial charge in [-0.2, -0.15) is 5.10 Å². The van der Waals surface area contributed by atoms with Gasteiger partial charge in [-0.05, 0) is 31.9 Å². The Balaban J connectivity index is 1.61. The number of hydrogen-bond donors (Lipinski definition) is 1. The van der Waals surface area contributed by atoms with Crippen LogP contribution in [-0.2, 0) is 0 Å². The maximum atomic E-state index is 12.8. The van der Waals surface area contributed by atoms with Crippen LogP contribution in [0.3, 0.4) is 0 Å².